The van der Waals surface area contributed by atoms with Crippen molar-refractivity contribution in [2.45, 2.75) is 11.8 Å². The van der Waals surface area contributed by atoms with E-state index in [-0.39, 0.29) is 0 Å². The van der Waals surface area contributed by atoms with Gasteiger partial charge < -0.3 is 5.32 Å². The Morgan fingerprint density at radius 1 is 1.40 bits per heavy atom. The van der Waals surface area contributed by atoms with Crippen LogP contribution in [0.2, 0.25) is 0 Å². The Bertz CT molecular complexity index is 456. The average molecular weight is 226 g/mol. The van der Waals surface area contributed by atoms with Crippen molar-refractivity contribution >= 4 is 15.7 Å². The molecule has 0 aliphatic carbocycles. The monoisotopic (exact) mass is 226 g/mol. The zero-order valence-corrected chi connectivity index (χ0v) is 9.42. The Morgan fingerprint density at radius 3 is 2.87 bits per heavy atom. The summed E-state index contributed by atoms with van der Waals surface area (Å²) in [6, 6.07) is 7.03. The summed E-state index contributed by atoms with van der Waals surface area (Å²) < 4.78 is 25.8. The molecule has 1 aliphatic heterocycles. The predicted molar refractivity (Wildman–Crippen MR) is 59.4 cm³/mol. The summed E-state index contributed by atoms with van der Waals surface area (Å²) in [6.07, 6.45) is 0. The number of hydrogen-bond acceptors (Lipinski definition) is 3. The maximum absolute atomic E-state index is 12.1. The summed E-state index contributed by atoms with van der Waals surface area (Å²) >= 11 is 0. The molecule has 0 unspecified atom stereocenters. The van der Waals surface area contributed by atoms with Gasteiger partial charge in [-0.2, -0.15) is 4.31 Å². The van der Waals surface area contributed by atoms with E-state index in [2.05, 4.69) is 5.32 Å². The van der Waals surface area contributed by atoms with Crippen molar-refractivity contribution in [3.63, 3.8) is 0 Å². The molecule has 0 radical (unpaired) electrons. The molecule has 1 aromatic carbocycles. The van der Waals surface area contributed by atoms with Crippen LogP contribution in [0.3, 0.4) is 0 Å². The number of sulfonamides is 1. The van der Waals surface area contributed by atoms with E-state index in [0.29, 0.717) is 30.2 Å². The van der Waals surface area contributed by atoms with Gasteiger partial charge in [-0.1, -0.05) is 19.1 Å². The molecule has 0 saturated heterocycles. The van der Waals surface area contributed by atoms with Crippen LogP contribution in [-0.4, -0.2) is 32.4 Å². The Kier molecular flexibility index (Phi) is 2.67. The van der Waals surface area contributed by atoms with Gasteiger partial charge in [0.05, 0.1) is 5.69 Å². The summed E-state index contributed by atoms with van der Waals surface area (Å²) in [5, 5.41) is 3.12. The third-order valence-electron chi connectivity index (χ3n) is 2.53. The molecule has 1 heterocycles. The molecule has 2 rings (SSSR count). The van der Waals surface area contributed by atoms with E-state index in [1.165, 1.54) is 4.31 Å². The van der Waals surface area contributed by atoms with Gasteiger partial charge in [-0.3, -0.25) is 0 Å². The summed E-state index contributed by atoms with van der Waals surface area (Å²) in [5.74, 6) is 0. The second-order valence-electron chi connectivity index (χ2n) is 3.42. The summed E-state index contributed by atoms with van der Waals surface area (Å²) in [5.41, 5.74) is 0.702. The molecule has 4 nitrogen and oxygen atoms in total. The fraction of sp³-hybridized carbons (Fsp3) is 0.400. The number of nitrogens with one attached hydrogen (secondary N) is 1. The maximum atomic E-state index is 12.1. The molecule has 0 saturated carbocycles. The lowest BCUT2D eigenvalue weighted by molar-refractivity contribution is 0.443. The molecule has 0 bridgehead atoms. The number of rotatable bonds is 1. The Balaban J connectivity index is 2.58. The Hall–Kier alpha value is -1.07. The van der Waals surface area contributed by atoms with Gasteiger partial charge in [-0.15, -0.1) is 0 Å². The van der Waals surface area contributed by atoms with Gasteiger partial charge in [0.2, 0.25) is 10.0 Å². The van der Waals surface area contributed by atoms with Gasteiger partial charge >= 0.3 is 0 Å². The first kappa shape index (κ1) is 10.4. The van der Waals surface area contributed by atoms with Gasteiger partial charge in [-0.25, -0.2) is 8.42 Å². The van der Waals surface area contributed by atoms with Crippen molar-refractivity contribution in [2.24, 2.45) is 0 Å². The Labute approximate surface area is 90.0 Å². The van der Waals surface area contributed by atoms with Crippen LogP contribution in [0, 0.1) is 0 Å². The van der Waals surface area contributed by atoms with E-state index >= 15 is 0 Å². The number of fused-ring (bicyclic) bond motifs is 1. The van der Waals surface area contributed by atoms with Crippen LogP contribution in [0.15, 0.2) is 29.2 Å². The topological polar surface area (TPSA) is 49.4 Å². The van der Waals surface area contributed by atoms with Crippen LogP contribution < -0.4 is 5.32 Å². The molecule has 5 heteroatoms. The van der Waals surface area contributed by atoms with Crippen molar-refractivity contribution in [3.05, 3.63) is 24.3 Å². The third-order valence-corrected chi connectivity index (χ3v) is 4.57. The molecule has 0 aromatic heterocycles. The van der Waals surface area contributed by atoms with Crippen LogP contribution in [0.25, 0.3) is 0 Å². The second kappa shape index (κ2) is 3.83. The van der Waals surface area contributed by atoms with Crippen LogP contribution in [0.1, 0.15) is 6.92 Å². The van der Waals surface area contributed by atoms with Crippen molar-refractivity contribution < 1.29 is 8.42 Å². The quantitative estimate of drug-likeness (QED) is 0.780. The van der Waals surface area contributed by atoms with E-state index in [1.54, 1.807) is 18.2 Å². The van der Waals surface area contributed by atoms with Crippen LogP contribution in [0.5, 0.6) is 0 Å². The molecule has 1 N–H and O–H groups in total. The van der Waals surface area contributed by atoms with Gasteiger partial charge in [0.1, 0.15) is 4.90 Å². The molecule has 0 atom stereocenters. The minimum atomic E-state index is -3.30. The van der Waals surface area contributed by atoms with E-state index < -0.39 is 10.0 Å². The lowest BCUT2D eigenvalue weighted by Gasteiger charge is -2.17. The number of benzene rings is 1. The van der Waals surface area contributed by atoms with Crippen molar-refractivity contribution in [3.8, 4) is 0 Å². The number of para-hydroxylation sites is 1. The zero-order valence-electron chi connectivity index (χ0n) is 8.60. The highest BCUT2D eigenvalue weighted by molar-refractivity contribution is 7.89. The lowest BCUT2D eigenvalue weighted by Crippen LogP contribution is -2.32. The minimum Gasteiger partial charge on any atom is -0.383 e. The van der Waals surface area contributed by atoms with Crippen molar-refractivity contribution in [2.75, 3.05) is 25.0 Å². The van der Waals surface area contributed by atoms with Gasteiger partial charge in [0.25, 0.3) is 0 Å². The molecule has 1 aromatic rings. The first-order chi connectivity index (χ1) is 7.16. The van der Waals surface area contributed by atoms with Crippen LogP contribution in [0.4, 0.5) is 5.69 Å². The van der Waals surface area contributed by atoms with Gasteiger partial charge in [-0.05, 0) is 12.1 Å². The zero-order chi connectivity index (χ0) is 10.9. The molecule has 82 valence electrons. The SMILES string of the molecule is CCN1CCNc2ccccc2S1(=O)=O. The normalized spacial score (nSPS) is 20.1. The molecule has 0 fully saturated rings. The van der Waals surface area contributed by atoms with Crippen LogP contribution >= 0.6 is 0 Å². The van der Waals surface area contributed by atoms with E-state index in [1.807, 2.05) is 13.0 Å². The van der Waals surface area contributed by atoms with Gasteiger partial charge in [0.15, 0.2) is 0 Å². The number of anilines is 1. The fourth-order valence-corrected chi connectivity index (χ4v) is 3.36. The highest BCUT2D eigenvalue weighted by Crippen LogP contribution is 2.26. The molecule has 1 aliphatic rings. The highest BCUT2D eigenvalue weighted by atomic mass is 32.2. The number of nitrogens with zero attached hydrogens (tertiary/aromatic N) is 1. The third kappa shape index (κ3) is 1.72. The van der Waals surface area contributed by atoms with E-state index in [0.717, 1.165) is 0 Å². The molecule has 0 amide bonds. The van der Waals surface area contributed by atoms with Crippen molar-refractivity contribution in [1.82, 2.24) is 4.31 Å². The lowest BCUT2D eigenvalue weighted by atomic mass is 10.3. The molecule has 15 heavy (non-hydrogen) atoms. The fourth-order valence-electron chi connectivity index (χ4n) is 1.74. The first-order valence-electron chi connectivity index (χ1n) is 4.99. The standard InChI is InChI=1S/C10H14N2O2S/c1-2-12-8-7-11-9-5-3-4-6-10(9)15(12,13)14/h3-6,11H,2,7-8H2,1H3. The summed E-state index contributed by atoms with van der Waals surface area (Å²) in [6.45, 7) is 3.54. The number of likely N-dealkylation sites (N-methyl/N-ethyl adjacent to an activating group) is 1. The maximum Gasteiger partial charge on any atom is 0.245 e. The predicted octanol–water partition coefficient (Wildman–Crippen LogP) is 1.12. The smallest absolute Gasteiger partial charge is 0.245 e. The van der Waals surface area contributed by atoms with E-state index in [4.69, 9.17) is 0 Å². The molecular weight excluding hydrogens is 212 g/mol. The summed E-state index contributed by atoms with van der Waals surface area (Å²) in [4.78, 5) is 0.379. The largest absolute Gasteiger partial charge is 0.383 e. The summed E-state index contributed by atoms with van der Waals surface area (Å²) in [7, 11) is -3.30. The molecule has 0 spiro atoms. The number of hydrogen-bond donors (Lipinski definition) is 1. The van der Waals surface area contributed by atoms with Crippen molar-refractivity contribution in [1.29, 1.82) is 0 Å². The highest BCUT2D eigenvalue weighted by Gasteiger charge is 2.27. The average Bonchev–Trinajstić information content (AvgIpc) is 2.36. The Morgan fingerprint density at radius 2 is 2.13 bits per heavy atom. The van der Waals surface area contributed by atoms with Gasteiger partial charge in [0, 0.05) is 19.6 Å². The minimum absolute atomic E-state index is 0.379. The molecular formula is C10H14N2O2S. The second-order valence-corrected chi connectivity index (χ2v) is 5.33. The first-order valence-corrected chi connectivity index (χ1v) is 6.43. The van der Waals surface area contributed by atoms with E-state index in [9.17, 15) is 8.42 Å². The van der Waals surface area contributed by atoms with Crippen LogP contribution in [-0.2, 0) is 10.0 Å².